The zero-order valence-electron chi connectivity index (χ0n) is 32.7. The first-order chi connectivity index (χ1) is 28.8. The number of anilines is 3. The van der Waals surface area contributed by atoms with E-state index in [-0.39, 0.29) is 29.5 Å². The molecule has 4 aliphatic heterocycles. The van der Waals surface area contributed by atoms with Gasteiger partial charge in [0.05, 0.1) is 48.4 Å². The number of fused-ring (bicyclic) bond motifs is 1. The largest absolute Gasteiger partial charge is 0.476 e. The first-order valence-corrected chi connectivity index (χ1v) is 19.9. The number of pyridine rings is 2. The molecule has 6 heterocycles. The Morgan fingerprint density at radius 1 is 0.883 bits per heavy atom. The fourth-order valence-corrected chi connectivity index (χ4v) is 8.12. The zero-order valence-corrected chi connectivity index (χ0v) is 32.7. The molecule has 2 N–H and O–H groups in total. The van der Waals surface area contributed by atoms with Gasteiger partial charge in [-0.05, 0) is 87.1 Å². The van der Waals surface area contributed by atoms with Crippen molar-refractivity contribution in [1.82, 2.24) is 20.2 Å². The van der Waals surface area contributed by atoms with Crippen LogP contribution in [0.4, 0.5) is 30.2 Å². The molecule has 3 fully saturated rings. The lowest BCUT2D eigenvalue weighted by atomic mass is 9.93. The Hall–Kier alpha value is -6.36. The van der Waals surface area contributed by atoms with Crippen LogP contribution in [0, 0.1) is 12.8 Å². The molecule has 0 spiro atoms. The Balaban J connectivity index is 0.902. The van der Waals surface area contributed by atoms with E-state index in [1.165, 1.54) is 18.3 Å². The number of amides is 5. The van der Waals surface area contributed by atoms with Crippen molar-refractivity contribution in [3.63, 3.8) is 0 Å². The molecule has 5 amide bonds. The minimum atomic E-state index is -4.58. The number of aryl methyl sites for hydroxylation is 1. The first kappa shape index (κ1) is 40.4. The van der Waals surface area contributed by atoms with Crippen LogP contribution in [-0.4, -0.2) is 96.4 Å². The number of nitrogens with one attached hydrogen (secondary N) is 2. The number of hydrogen-bond acceptors (Lipinski definition) is 11. The molecule has 60 heavy (non-hydrogen) atoms. The van der Waals surface area contributed by atoms with E-state index < -0.39 is 47.3 Å². The van der Waals surface area contributed by atoms with Gasteiger partial charge in [-0.1, -0.05) is 6.07 Å². The Morgan fingerprint density at radius 2 is 1.65 bits per heavy atom. The van der Waals surface area contributed by atoms with E-state index in [1.54, 1.807) is 24.4 Å². The lowest BCUT2D eigenvalue weighted by Gasteiger charge is -2.34. The van der Waals surface area contributed by atoms with Crippen molar-refractivity contribution in [1.29, 1.82) is 0 Å². The molecule has 1 unspecified atom stereocenters. The standard InChI is InChI=1S/C43H42F3N7O7/c1-25-33(21-30(24-47-25)49-38(55)27-3-2-4-29(19-27)43(44,45)46)28-20-36(52-14-17-59-18-15-52)40(48-23-28)60-16-11-26-9-12-51(13-10-26)31-5-6-32-34(22-31)42(58)53(41(32)57)35-7-8-37(54)50-39(35)56/h2-6,19-24,26,35H,7-18H2,1H3,(H,49,55)(H,50,54,56). The second-order valence-electron chi connectivity index (χ2n) is 15.3. The Labute approximate surface area is 343 Å². The van der Waals surface area contributed by atoms with Crippen LogP contribution in [0.3, 0.4) is 0 Å². The van der Waals surface area contributed by atoms with Crippen molar-refractivity contribution in [2.45, 2.75) is 51.2 Å². The first-order valence-electron chi connectivity index (χ1n) is 19.9. The van der Waals surface area contributed by atoms with Crippen LogP contribution in [0.15, 0.2) is 67.0 Å². The van der Waals surface area contributed by atoms with Gasteiger partial charge in [0, 0.05) is 66.9 Å². The SMILES string of the molecule is Cc1ncc(NC(=O)c2cccc(C(F)(F)F)c2)cc1-c1cnc(OCCC2CCN(c3ccc4c(c3)C(=O)N(C3CCC(=O)NC3=O)C4=O)CC2)c(N2CCOCC2)c1. The summed E-state index contributed by atoms with van der Waals surface area (Å²) in [7, 11) is 0. The molecular weight excluding hydrogens is 784 g/mol. The van der Waals surface area contributed by atoms with E-state index in [1.807, 2.05) is 19.1 Å². The Kier molecular flexibility index (Phi) is 11.3. The van der Waals surface area contributed by atoms with Gasteiger partial charge in [0.1, 0.15) is 11.7 Å². The van der Waals surface area contributed by atoms with E-state index in [0.29, 0.717) is 61.7 Å². The number of imide groups is 2. The van der Waals surface area contributed by atoms with Crippen molar-refractivity contribution in [3.05, 3.63) is 94.9 Å². The molecule has 17 heteroatoms. The number of halogens is 3. The van der Waals surface area contributed by atoms with Crippen molar-refractivity contribution < 1.29 is 46.6 Å². The predicted octanol–water partition coefficient (Wildman–Crippen LogP) is 5.65. The number of nitrogens with zero attached hydrogens (tertiary/aromatic N) is 5. The number of morpholine rings is 1. The smallest absolute Gasteiger partial charge is 0.416 e. The van der Waals surface area contributed by atoms with Crippen LogP contribution < -0.4 is 25.2 Å². The topological polar surface area (TPSA) is 163 Å². The molecular formula is C43H42F3N7O7. The Bertz CT molecular complexity index is 2360. The van der Waals surface area contributed by atoms with E-state index in [9.17, 15) is 37.1 Å². The van der Waals surface area contributed by atoms with Gasteiger partial charge in [-0.25, -0.2) is 4.98 Å². The minimum Gasteiger partial charge on any atom is -0.476 e. The monoisotopic (exact) mass is 825 g/mol. The molecule has 0 saturated carbocycles. The molecule has 0 radical (unpaired) electrons. The summed E-state index contributed by atoms with van der Waals surface area (Å²) < 4.78 is 51.8. The molecule has 4 aromatic rings. The second kappa shape index (κ2) is 16.7. The molecule has 4 aliphatic rings. The van der Waals surface area contributed by atoms with Gasteiger partial charge in [0.15, 0.2) is 0 Å². The zero-order chi connectivity index (χ0) is 42.1. The van der Waals surface area contributed by atoms with Crippen molar-refractivity contribution in [3.8, 4) is 17.0 Å². The number of hydrogen-bond donors (Lipinski definition) is 2. The molecule has 0 bridgehead atoms. The Morgan fingerprint density at radius 3 is 2.40 bits per heavy atom. The number of ether oxygens (including phenoxy) is 2. The molecule has 14 nitrogen and oxygen atoms in total. The lowest BCUT2D eigenvalue weighted by Crippen LogP contribution is -2.54. The van der Waals surface area contributed by atoms with E-state index >= 15 is 0 Å². The highest BCUT2D eigenvalue weighted by Gasteiger charge is 2.45. The average molecular weight is 826 g/mol. The average Bonchev–Trinajstić information content (AvgIpc) is 3.49. The third-order valence-electron chi connectivity index (χ3n) is 11.5. The summed E-state index contributed by atoms with van der Waals surface area (Å²) in [5.74, 6) is -1.97. The summed E-state index contributed by atoms with van der Waals surface area (Å²) >= 11 is 0. The molecule has 8 rings (SSSR count). The van der Waals surface area contributed by atoms with Crippen LogP contribution in [0.1, 0.15) is 74.4 Å². The lowest BCUT2D eigenvalue weighted by molar-refractivity contribution is -0.138. The quantitative estimate of drug-likeness (QED) is 0.190. The van der Waals surface area contributed by atoms with Gasteiger partial charge < -0.3 is 24.6 Å². The highest BCUT2D eigenvalue weighted by atomic mass is 19.4. The van der Waals surface area contributed by atoms with Gasteiger partial charge in [-0.3, -0.25) is 39.2 Å². The van der Waals surface area contributed by atoms with Crippen molar-refractivity contribution >= 4 is 46.6 Å². The maximum absolute atomic E-state index is 13.4. The molecule has 3 saturated heterocycles. The number of benzene rings is 2. The number of piperidine rings is 2. The number of carbonyl (C=O) groups is 5. The van der Waals surface area contributed by atoms with Gasteiger partial charge in [0.2, 0.25) is 17.7 Å². The number of carbonyl (C=O) groups excluding carboxylic acids is 5. The van der Waals surface area contributed by atoms with Crippen LogP contribution in [0.5, 0.6) is 5.88 Å². The van der Waals surface area contributed by atoms with Crippen LogP contribution in [0.2, 0.25) is 0 Å². The van der Waals surface area contributed by atoms with E-state index in [4.69, 9.17) is 14.5 Å². The normalized spacial score (nSPS) is 18.7. The highest BCUT2D eigenvalue weighted by Crippen LogP contribution is 2.36. The summed E-state index contributed by atoms with van der Waals surface area (Å²) in [6.45, 7) is 6.04. The van der Waals surface area contributed by atoms with E-state index in [2.05, 4.69) is 25.4 Å². The van der Waals surface area contributed by atoms with Gasteiger partial charge >= 0.3 is 6.18 Å². The van der Waals surface area contributed by atoms with Gasteiger partial charge in [0.25, 0.3) is 17.7 Å². The van der Waals surface area contributed by atoms with Crippen molar-refractivity contribution in [2.24, 2.45) is 5.92 Å². The molecule has 0 aliphatic carbocycles. The maximum atomic E-state index is 13.4. The summed E-state index contributed by atoms with van der Waals surface area (Å²) in [4.78, 5) is 78.1. The summed E-state index contributed by atoms with van der Waals surface area (Å²) in [5, 5.41) is 4.89. The van der Waals surface area contributed by atoms with Gasteiger partial charge in [-0.15, -0.1) is 0 Å². The predicted molar refractivity (Wildman–Crippen MR) is 213 cm³/mol. The maximum Gasteiger partial charge on any atom is 0.416 e. The van der Waals surface area contributed by atoms with E-state index in [0.717, 1.165) is 66.3 Å². The molecule has 2 aromatic heterocycles. The fraction of sp³-hybridized carbons (Fsp3) is 0.372. The number of rotatable bonds is 10. The summed E-state index contributed by atoms with van der Waals surface area (Å²) in [6, 6.07) is 12.1. The summed E-state index contributed by atoms with van der Waals surface area (Å²) in [5.41, 5.74) is 3.44. The third kappa shape index (κ3) is 8.39. The van der Waals surface area contributed by atoms with Gasteiger partial charge in [-0.2, -0.15) is 13.2 Å². The second-order valence-corrected chi connectivity index (χ2v) is 15.3. The highest BCUT2D eigenvalue weighted by molar-refractivity contribution is 6.23. The number of aromatic nitrogens is 2. The summed E-state index contributed by atoms with van der Waals surface area (Å²) in [6.07, 6.45) is 1.26. The molecule has 312 valence electrons. The van der Waals surface area contributed by atoms with Crippen LogP contribution in [-0.2, 0) is 20.5 Å². The van der Waals surface area contributed by atoms with Crippen LogP contribution in [0.25, 0.3) is 11.1 Å². The third-order valence-corrected chi connectivity index (χ3v) is 11.5. The fourth-order valence-electron chi connectivity index (χ4n) is 8.12. The van der Waals surface area contributed by atoms with Crippen molar-refractivity contribution in [2.75, 3.05) is 61.1 Å². The number of alkyl halides is 3. The molecule has 2 aromatic carbocycles. The van der Waals surface area contributed by atoms with Crippen LogP contribution >= 0.6 is 0 Å². The minimum absolute atomic E-state index is 0.0595. The molecule has 1 atom stereocenters.